The quantitative estimate of drug-likeness (QED) is 0.778. The fourth-order valence-corrected chi connectivity index (χ4v) is 3.60. The van der Waals surface area contributed by atoms with Crippen LogP contribution in [-0.2, 0) is 4.79 Å². The molecular formula is C23H32N2O3. The van der Waals surface area contributed by atoms with E-state index in [0.717, 1.165) is 41.8 Å². The molecule has 1 aliphatic rings. The van der Waals surface area contributed by atoms with Crippen LogP contribution in [0, 0.1) is 26.7 Å². The van der Waals surface area contributed by atoms with E-state index in [9.17, 15) is 4.79 Å². The number of ether oxygens (including phenoxy) is 1. The number of carbonyl (C=O) groups is 1. The number of amides is 1. The highest BCUT2D eigenvalue weighted by Gasteiger charge is 2.27. The summed E-state index contributed by atoms with van der Waals surface area (Å²) in [5, 5.41) is 3.03. The van der Waals surface area contributed by atoms with Crippen LogP contribution in [0.4, 0.5) is 0 Å². The van der Waals surface area contributed by atoms with Gasteiger partial charge >= 0.3 is 0 Å². The van der Waals surface area contributed by atoms with Crippen LogP contribution in [0.5, 0.6) is 5.75 Å². The molecule has 1 fully saturated rings. The molecule has 0 radical (unpaired) electrons. The Morgan fingerprint density at radius 3 is 2.57 bits per heavy atom. The predicted molar refractivity (Wildman–Crippen MR) is 111 cm³/mol. The highest BCUT2D eigenvalue weighted by atomic mass is 16.5. The topological polar surface area (TPSA) is 54.7 Å². The number of hydrogen-bond donors (Lipinski definition) is 1. The second-order valence-electron chi connectivity index (χ2n) is 8.02. The van der Waals surface area contributed by atoms with Crippen molar-refractivity contribution >= 4 is 5.91 Å². The van der Waals surface area contributed by atoms with E-state index in [1.165, 1.54) is 18.4 Å². The summed E-state index contributed by atoms with van der Waals surface area (Å²) in [4.78, 5) is 14.8. The van der Waals surface area contributed by atoms with E-state index in [-0.39, 0.29) is 18.6 Å². The maximum atomic E-state index is 12.4. The van der Waals surface area contributed by atoms with Gasteiger partial charge in [-0.05, 0) is 88.0 Å². The Morgan fingerprint density at radius 1 is 1.18 bits per heavy atom. The minimum atomic E-state index is -0.114. The van der Waals surface area contributed by atoms with Crippen molar-refractivity contribution in [3.05, 3.63) is 53.0 Å². The molecular weight excluding hydrogens is 352 g/mol. The normalized spacial score (nSPS) is 16.7. The van der Waals surface area contributed by atoms with Crippen LogP contribution < -0.4 is 10.1 Å². The molecule has 0 spiro atoms. The van der Waals surface area contributed by atoms with Crippen molar-refractivity contribution in [2.24, 2.45) is 5.92 Å². The van der Waals surface area contributed by atoms with Gasteiger partial charge in [-0.1, -0.05) is 13.0 Å². The Balaban J connectivity index is 1.56. The summed E-state index contributed by atoms with van der Waals surface area (Å²) in [6, 6.07) is 9.95. The van der Waals surface area contributed by atoms with Crippen LogP contribution in [0.3, 0.4) is 0 Å². The molecule has 5 nitrogen and oxygen atoms in total. The van der Waals surface area contributed by atoms with Gasteiger partial charge in [0, 0.05) is 6.54 Å². The molecule has 1 aromatic carbocycles. The molecule has 0 aliphatic carbocycles. The van der Waals surface area contributed by atoms with Crippen LogP contribution in [0.2, 0.25) is 0 Å². The fourth-order valence-electron chi connectivity index (χ4n) is 3.60. The second kappa shape index (κ2) is 9.28. The first-order valence-electron chi connectivity index (χ1n) is 10.2. The summed E-state index contributed by atoms with van der Waals surface area (Å²) in [7, 11) is 0. The average molecular weight is 385 g/mol. The molecule has 1 unspecified atom stereocenters. The summed E-state index contributed by atoms with van der Waals surface area (Å²) >= 11 is 0. The molecule has 2 aromatic rings. The fraction of sp³-hybridized carbons (Fsp3) is 0.522. The van der Waals surface area contributed by atoms with Gasteiger partial charge in [0.15, 0.2) is 6.61 Å². The highest BCUT2D eigenvalue weighted by Crippen LogP contribution is 2.27. The lowest BCUT2D eigenvalue weighted by molar-refractivity contribution is -0.123. The molecule has 1 saturated heterocycles. The average Bonchev–Trinajstić information content (AvgIpc) is 3.10. The van der Waals surface area contributed by atoms with E-state index in [1.54, 1.807) is 0 Å². The zero-order valence-electron chi connectivity index (χ0n) is 17.5. The monoisotopic (exact) mass is 384 g/mol. The number of nitrogens with one attached hydrogen (secondary N) is 1. The Morgan fingerprint density at radius 2 is 1.93 bits per heavy atom. The van der Waals surface area contributed by atoms with Gasteiger partial charge in [-0.25, -0.2) is 0 Å². The first-order valence-corrected chi connectivity index (χ1v) is 10.2. The highest BCUT2D eigenvalue weighted by molar-refractivity contribution is 5.77. The first-order chi connectivity index (χ1) is 13.4. The molecule has 1 aliphatic heterocycles. The summed E-state index contributed by atoms with van der Waals surface area (Å²) in [6.45, 7) is 11.0. The van der Waals surface area contributed by atoms with Crippen molar-refractivity contribution in [1.82, 2.24) is 10.2 Å². The van der Waals surface area contributed by atoms with Gasteiger partial charge in [-0.15, -0.1) is 0 Å². The van der Waals surface area contributed by atoms with Crippen LogP contribution in [0.15, 0.2) is 34.7 Å². The third-order valence-corrected chi connectivity index (χ3v) is 5.69. The number of likely N-dealkylation sites (tertiary alicyclic amines) is 1. The molecule has 28 heavy (non-hydrogen) atoms. The lowest BCUT2D eigenvalue weighted by Gasteiger charge is -2.35. The number of hydrogen-bond acceptors (Lipinski definition) is 4. The third-order valence-electron chi connectivity index (χ3n) is 5.69. The van der Waals surface area contributed by atoms with Crippen LogP contribution >= 0.6 is 0 Å². The predicted octanol–water partition coefficient (Wildman–Crippen LogP) is 4.17. The number of piperidine rings is 1. The number of carbonyl (C=O) groups excluding carboxylic acids is 1. The number of nitrogens with zero attached hydrogens (tertiary/aromatic N) is 1. The minimum Gasteiger partial charge on any atom is -0.484 e. The molecule has 1 N–H and O–H groups in total. The maximum absolute atomic E-state index is 12.4. The van der Waals surface area contributed by atoms with E-state index in [0.29, 0.717) is 6.54 Å². The molecule has 1 aromatic heterocycles. The van der Waals surface area contributed by atoms with Crippen LogP contribution in [-0.4, -0.2) is 37.0 Å². The Labute approximate surface area is 168 Å². The first kappa shape index (κ1) is 20.5. The molecule has 5 heteroatoms. The zero-order valence-corrected chi connectivity index (χ0v) is 17.5. The molecule has 1 atom stereocenters. The smallest absolute Gasteiger partial charge is 0.258 e. The van der Waals surface area contributed by atoms with Crippen molar-refractivity contribution in [1.29, 1.82) is 0 Å². The third kappa shape index (κ3) is 5.38. The molecule has 0 bridgehead atoms. The molecule has 0 saturated carbocycles. The summed E-state index contributed by atoms with van der Waals surface area (Å²) < 4.78 is 11.5. The molecule has 3 rings (SSSR count). The van der Waals surface area contributed by atoms with Gasteiger partial charge < -0.3 is 14.5 Å². The second-order valence-corrected chi connectivity index (χ2v) is 8.02. The van der Waals surface area contributed by atoms with Crippen molar-refractivity contribution in [2.45, 2.75) is 46.6 Å². The number of rotatable bonds is 7. The number of aryl methyl sites for hydroxylation is 3. The van der Waals surface area contributed by atoms with Gasteiger partial charge in [-0.2, -0.15) is 0 Å². The van der Waals surface area contributed by atoms with Gasteiger partial charge in [0.2, 0.25) is 0 Å². The standard InChI is InChI=1S/C23H32N2O3/c1-16-9-11-25(12-10-16)21(22-8-6-19(4)28-22)14-24-23(26)15-27-20-7-5-17(2)18(3)13-20/h5-8,13,16,21H,9-12,14-15H2,1-4H3,(H,24,26). The van der Waals surface area contributed by atoms with Crippen molar-refractivity contribution in [2.75, 3.05) is 26.2 Å². The van der Waals surface area contributed by atoms with Crippen molar-refractivity contribution < 1.29 is 13.9 Å². The Kier molecular flexibility index (Phi) is 6.79. The van der Waals surface area contributed by atoms with E-state index < -0.39 is 0 Å². The summed E-state index contributed by atoms with van der Waals surface area (Å²) in [6.07, 6.45) is 2.36. The van der Waals surface area contributed by atoms with Gasteiger partial charge in [0.1, 0.15) is 17.3 Å². The van der Waals surface area contributed by atoms with Gasteiger partial charge in [0.05, 0.1) is 6.04 Å². The lowest BCUT2D eigenvalue weighted by Crippen LogP contribution is -2.42. The van der Waals surface area contributed by atoms with E-state index >= 15 is 0 Å². The van der Waals surface area contributed by atoms with Gasteiger partial charge in [0.25, 0.3) is 5.91 Å². The molecule has 152 valence electrons. The van der Waals surface area contributed by atoms with Crippen LogP contribution in [0.25, 0.3) is 0 Å². The SMILES string of the molecule is Cc1ccc(C(CNC(=O)COc2ccc(C)c(C)c2)N2CCC(C)CC2)o1. The Bertz CT molecular complexity index is 791. The van der Waals surface area contributed by atoms with Crippen LogP contribution in [0.1, 0.15) is 48.5 Å². The van der Waals surface area contributed by atoms with E-state index in [2.05, 4.69) is 24.1 Å². The zero-order chi connectivity index (χ0) is 20.1. The van der Waals surface area contributed by atoms with Crippen molar-refractivity contribution in [3.8, 4) is 5.75 Å². The largest absolute Gasteiger partial charge is 0.484 e. The lowest BCUT2D eigenvalue weighted by atomic mass is 9.97. The summed E-state index contributed by atoms with van der Waals surface area (Å²) in [5.74, 6) is 3.19. The molecule has 1 amide bonds. The maximum Gasteiger partial charge on any atom is 0.258 e. The van der Waals surface area contributed by atoms with Gasteiger partial charge in [-0.3, -0.25) is 9.69 Å². The number of benzene rings is 1. The van der Waals surface area contributed by atoms with E-state index in [1.807, 2.05) is 44.2 Å². The minimum absolute atomic E-state index is 0.0173. The summed E-state index contributed by atoms with van der Waals surface area (Å²) in [5.41, 5.74) is 2.37. The van der Waals surface area contributed by atoms with Crippen molar-refractivity contribution in [3.63, 3.8) is 0 Å². The number of furan rings is 1. The molecule has 2 heterocycles. The Hall–Kier alpha value is -2.27. The van der Waals surface area contributed by atoms with E-state index in [4.69, 9.17) is 9.15 Å².